The number of benzene rings is 2. The van der Waals surface area contributed by atoms with Gasteiger partial charge in [0, 0.05) is 6.04 Å². The number of carbonyl (C=O) groups is 1. The van der Waals surface area contributed by atoms with E-state index in [1.54, 1.807) is 7.11 Å². The Morgan fingerprint density at radius 3 is 2.52 bits per heavy atom. The van der Waals surface area contributed by atoms with Crippen molar-refractivity contribution in [2.24, 2.45) is 0 Å². The second kappa shape index (κ2) is 9.72. The Morgan fingerprint density at radius 2 is 1.84 bits per heavy atom. The summed E-state index contributed by atoms with van der Waals surface area (Å²) in [5.74, 6) is 1.38. The molecular formula is C21H27NO3. The molecule has 4 nitrogen and oxygen atoms in total. The van der Waals surface area contributed by atoms with Crippen molar-refractivity contribution in [2.45, 2.75) is 39.2 Å². The van der Waals surface area contributed by atoms with E-state index in [0.29, 0.717) is 24.5 Å². The van der Waals surface area contributed by atoms with E-state index >= 15 is 0 Å². The summed E-state index contributed by atoms with van der Waals surface area (Å²) in [5, 5.41) is 3.05. The van der Waals surface area contributed by atoms with Crippen molar-refractivity contribution in [1.29, 1.82) is 0 Å². The standard InChI is InChI=1S/C21H27NO3/c1-4-12-25-19-11-10-18(14-20(19)24-3)15-21(23)22-16(2)13-17-8-6-5-7-9-17/h5-11,14,16H,4,12-13,15H2,1-3H3,(H,22,23). The summed E-state index contributed by atoms with van der Waals surface area (Å²) < 4.78 is 11.0. The number of amides is 1. The minimum absolute atomic E-state index is 0.00714. The SMILES string of the molecule is CCCOc1ccc(CC(=O)NC(C)Cc2ccccc2)cc1OC. The van der Waals surface area contributed by atoms with Crippen LogP contribution in [0.25, 0.3) is 0 Å². The first-order chi connectivity index (χ1) is 12.1. The lowest BCUT2D eigenvalue weighted by Gasteiger charge is -2.15. The predicted octanol–water partition coefficient (Wildman–Crippen LogP) is 3.77. The lowest BCUT2D eigenvalue weighted by atomic mass is 10.1. The van der Waals surface area contributed by atoms with Crippen molar-refractivity contribution < 1.29 is 14.3 Å². The van der Waals surface area contributed by atoms with Gasteiger partial charge in [-0.1, -0.05) is 43.3 Å². The Morgan fingerprint density at radius 1 is 1.08 bits per heavy atom. The average Bonchev–Trinajstić information content (AvgIpc) is 2.61. The number of nitrogens with one attached hydrogen (secondary N) is 1. The second-order valence-corrected chi connectivity index (χ2v) is 6.17. The third-order valence-corrected chi connectivity index (χ3v) is 3.85. The van der Waals surface area contributed by atoms with Crippen LogP contribution in [0.1, 0.15) is 31.4 Å². The second-order valence-electron chi connectivity index (χ2n) is 6.17. The van der Waals surface area contributed by atoms with E-state index in [1.807, 2.05) is 43.3 Å². The van der Waals surface area contributed by atoms with Crippen LogP contribution in [0.5, 0.6) is 11.5 Å². The van der Waals surface area contributed by atoms with E-state index in [1.165, 1.54) is 5.56 Å². The Hall–Kier alpha value is -2.49. The van der Waals surface area contributed by atoms with Gasteiger partial charge in [-0.2, -0.15) is 0 Å². The Bertz CT molecular complexity index is 670. The van der Waals surface area contributed by atoms with Crippen LogP contribution in [-0.4, -0.2) is 25.7 Å². The van der Waals surface area contributed by atoms with Crippen molar-refractivity contribution in [1.82, 2.24) is 5.32 Å². The van der Waals surface area contributed by atoms with Crippen LogP contribution >= 0.6 is 0 Å². The smallest absolute Gasteiger partial charge is 0.224 e. The van der Waals surface area contributed by atoms with Gasteiger partial charge in [-0.05, 0) is 43.0 Å². The molecule has 1 N–H and O–H groups in total. The number of hydrogen-bond acceptors (Lipinski definition) is 3. The molecule has 0 heterocycles. The highest BCUT2D eigenvalue weighted by molar-refractivity contribution is 5.79. The zero-order valence-electron chi connectivity index (χ0n) is 15.2. The van der Waals surface area contributed by atoms with Gasteiger partial charge in [0.1, 0.15) is 0 Å². The summed E-state index contributed by atoms with van der Waals surface area (Å²) >= 11 is 0. The molecule has 1 unspecified atom stereocenters. The van der Waals surface area contributed by atoms with Crippen molar-refractivity contribution in [3.05, 3.63) is 59.7 Å². The topological polar surface area (TPSA) is 47.6 Å². The third kappa shape index (κ3) is 6.14. The van der Waals surface area contributed by atoms with Crippen molar-refractivity contribution in [3.8, 4) is 11.5 Å². The van der Waals surface area contributed by atoms with Crippen LogP contribution < -0.4 is 14.8 Å². The van der Waals surface area contributed by atoms with Gasteiger partial charge in [0.25, 0.3) is 0 Å². The first-order valence-corrected chi connectivity index (χ1v) is 8.75. The highest BCUT2D eigenvalue weighted by Gasteiger charge is 2.11. The maximum Gasteiger partial charge on any atom is 0.224 e. The summed E-state index contributed by atoms with van der Waals surface area (Å²) in [7, 11) is 1.61. The quantitative estimate of drug-likeness (QED) is 0.755. The molecule has 25 heavy (non-hydrogen) atoms. The molecule has 0 bridgehead atoms. The molecule has 0 aliphatic carbocycles. The Kier molecular flexibility index (Phi) is 7.33. The molecule has 1 amide bonds. The van der Waals surface area contributed by atoms with E-state index < -0.39 is 0 Å². The molecule has 0 spiro atoms. The van der Waals surface area contributed by atoms with Crippen molar-refractivity contribution in [2.75, 3.05) is 13.7 Å². The molecule has 0 fully saturated rings. The molecule has 2 rings (SSSR count). The first kappa shape index (κ1) is 18.8. The molecule has 0 saturated carbocycles. The lowest BCUT2D eigenvalue weighted by Crippen LogP contribution is -2.35. The lowest BCUT2D eigenvalue weighted by molar-refractivity contribution is -0.121. The molecule has 0 aliphatic heterocycles. The summed E-state index contributed by atoms with van der Waals surface area (Å²) in [6.45, 7) is 4.72. The van der Waals surface area contributed by atoms with Gasteiger partial charge in [-0.3, -0.25) is 4.79 Å². The van der Waals surface area contributed by atoms with Gasteiger partial charge in [0.15, 0.2) is 11.5 Å². The van der Waals surface area contributed by atoms with E-state index in [2.05, 4.69) is 24.4 Å². The maximum atomic E-state index is 12.3. The molecule has 2 aromatic carbocycles. The largest absolute Gasteiger partial charge is 0.493 e. The zero-order chi connectivity index (χ0) is 18.1. The van der Waals surface area contributed by atoms with Crippen LogP contribution in [0.15, 0.2) is 48.5 Å². The van der Waals surface area contributed by atoms with Crippen LogP contribution in [-0.2, 0) is 17.6 Å². The normalized spacial score (nSPS) is 11.6. The third-order valence-electron chi connectivity index (χ3n) is 3.85. The fraction of sp³-hybridized carbons (Fsp3) is 0.381. The van der Waals surface area contributed by atoms with Crippen molar-refractivity contribution in [3.63, 3.8) is 0 Å². The number of carbonyl (C=O) groups excluding carboxylic acids is 1. The number of methoxy groups -OCH3 is 1. The molecule has 0 saturated heterocycles. The molecule has 0 radical (unpaired) electrons. The molecule has 0 aliphatic rings. The van der Waals surface area contributed by atoms with Gasteiger partial charge in [-0.25, -0.2) is 0 Å². The summed E-state index contributed by atoms with van der Waals surface area (Å²) in [4.78, 5) is 12.3. The summed E-state index contributed by atoms with van der Waals surface area (Å²) in [6.07, 6.45) is 2.08. The molecule has 0 aromatic heterocycles. The van der Waals surface area contributed by atoms with Gasteiger partial charge in [-0.15, -0.1) is 0 Å². The number of hydrogen-bond donors (Lipinski definition) is 1. The van der Waals surface area contributed by atoms with Crippen LogP contribution in [0.2, 0.25) is 0 Å². The van der Waals surface area contributed by atoms with E-state index in [9.17, 15) is 4.79 Å². The van der Waals surface area contributed by atoms with Gasteiger partial charge >= 0.3 is 0 Å². The average molecular weight is 341 g/mol. The maximum absolute atomic E-state index is 12.3. The van der Waals surface area contributed by atoms with Gasteiger partial charge in [0.05, 0.1) is 20.1 Å². The van der Waals surface area contributed by atoms with Crippen molar-refractivity contribution >= 4 is 5.91 Å². The highest BCUT2D eigenvalue weighted by atomic mass is 16.5. The number of rotatable bonds is 9. The molecule has 134 valence electrons. The van der Waals surface area contributed by atoms with E-state index in [0.717, 1.165) is 18.4 Å². The molecule has 2 aromatic rings. The predicted molar refractivity (Wildman–Crippen MR) is 100 cm³/mol. The fourth-order valence-electron chi connectivity index (χ4n) is 2.68. The first-order valence-electron chi connectivity index (χ1n) is 8.75. The summed E-state index contributed by atoms with van der Waals surface area (Å²) in [6, 6.07) is 15.9. The zero-order valence-corrected chi connectivity index (χ0v) is 15.2. The summed E-state index contributed by atoms with van der Waals surface area (Å²) in [5.41, 5.74) is 2.12. The fourth-order valence-corrected chi connectivity index (χ4v) is 2.68. The van der Waals surface area contributed by atoms with E-state index in [-0.39, 0.29) is 11.9 Å². The molecular weight excluding hydrogens is 314 g/mol. The molecule has 4 heteroatoms. The monoisotopic (exact) mass is 341 g/mol. The van der Waals surface area contributed by atoms with Crippen LogP contribution in [0.3, 0.4) is 0 Å². The van der Waals surface area contributed by atoms with Crippen LogP contribution in [0.4, 0.5) is 0 Å². The van der Waals surface area contributed by atoms with E-state index in [4.69, 9.17) is 9.47 Å². The minimum Gasteiger partial charge on any atom is -0.493 e. The Labute approximate surface area is 150 Å². The van der Waals surface area contributed by atoms with Crippen LogP contribution in [0, 0.1) is 0 Å². The van der Waals surface area contributed by atoms with Gasteiger partial charge < -0.3 is 14.8 Å². The highest BCUT2D eigenvalue weighted by Crippen LogP contribution is 2.28. The Balaban J connectivity index is 1.91. The molecule has 1 atom stereocenters. The number of ether oxygens (including phenoxy) is 2. The van der Waals surface area contributed by atoms with Gasteiger partial charge in [0.2, 0.25) is 5.91 Å². The minimum atomic E-state index is 0.00714.